The Balaban J connectivity index is 1.58. The molecule has 126 valence electrons. The first-order valence-electron chi connectivity index (χ1n) is 9.21. The molecule has 5 nitrogen and oxygen atoms in total. The van der Waals surface area contributed by atoms with Crippen molar-refractivity contribution in [2.24, 2.45) is 0 Å². The maximum atomic E-state index is 12.4. The van der Waals surface area contributed by atoms with E-state index in [1.165, 1.54) is 64.1 Å². The molecule has 2 aliphatic carbocycles. The number of rotatable bonds is 4. The van der Waals surface area contributed by atoms with Gasteiger partial charge < -0.3 is 10.6 Å². The summed E-state index contributed by atoms with van der Waals surface area (Å²) in [7, 11) is 0. The summed E-state index contributed by atoms with van der Waals surface area (Å²) in [5.41, 5.74) is 0.474. The van der Waals surface area contributed by atoms with Gasteiger partial charge in [0, 0.05) is 18.2 Å². The third-order valence-electron chi connectivity index (χ3n) is 5.05. The highest BCUT2D eigenvalue weighted by atomic mass is 16.1. The second-order valence-corrected chi connectivity index (χ2v) is 6.93. The van der Waals surface area contributed by atoms with Crippen molar-refractivity contribution in [2.45, 2.75) is 82.7 Å². The Kier molecular flexibility index (Phi) is 5.83. The topological polar surface area (TPSA) is 66.9 Å². The standard InChI is InChI=1S/C18H28N4O/c23-18(22-15-10-6-3-7-11-15)16-12-17(20-13-19-16)21-14-8-4-1-2-5-9-14/h12-15H,1-11H2,(H,22,23)(H,19,20,21). The predicted octanol–water partition coefficient (Wildman–Crippen LogP) is 3.67. The second-order valence-electron chi connectivity index (χ2n) is 6.93. The molecule has 2 aliphatic rings. The van der Waals surface area contributed by atoms with Gasteiger partial charge in [0.2, 0.25) is 0 Å². The lowest BCUT2D eigenvalue weighted by atomic mass is 9.95. The lowest BCUT2D eigenvalue weighted by Crippen LogP contribution is -2.36. The van der Waals surface area contributed by atoms with Crippen molar-refractivity contribution in [3.05, 3.63) is 18.1 Å². The predicted molar refractivity (Wildman–Crippen MR) is 91.5 cm³/mol. The van der Waals surface area contributed by atoms with Crippen LogP contribution in [0.25, 0.3) is 0 Å². The fourth-order valence-electron chi connectivity index (χ4n) is 3.70. The maximum absolute atomic E-state index is 12.4. The Morgan fingerprint density at radius 1 is 0.870 bits per heavy atom. The Bertz CT molecular complexity index is 505. The van der Waals surface area contributed by atoms with Crippen LogP contribution in [0.5, 0.6) is 0 Å². The molecule has 0 aliphatic heterocycles. The lowest BCUT2D eigenvalue weighted by molar-refractivity contribution is 0.0922. The van der Waals surface area contributed by atoms with Crippen molar-refractivity contribution >= 4 is 11.7 Å². The zero-order valence-electron chi connectivity index (χ0n) is 13.9. The summed E-state index contributed by atoms with van der Waals surface area (Å²) in [5.74, 6) is 0.712. The molecule has 2 saturated carbocycles. The number of nitrogens with one attached hydrogen (secondary N) is 2. The second kappa shape index (κ2) is 8.27. The normalized spacial score (nSPS) is 20.7. The van der Waals surface area contributed by atoms with Crippen LogP contribution in [0.4, 0.5) is 5.82 Å². The van der Waals surface area contributed by atoms with Crippen LogP contribution in [0.1, 0.15) is 81.1 Å². The van der Waals surface area contributed by atoms with Gasteiger partial charge in [-0.1, -0.05) is 44.9 Å². The van der Waals surface area contributed by atoms with Crippen molar-refractivity contribution < 1.29 is 4.79 Å². The molecule has 0 saturated heterocycles. The first-order chi connectivity index (χ1) is 11.3. The molecule has 0 spiro atoms. The number of hydrogen-bond donors (Lipinski definition) is 2. The van der Waals surface area contributed by atoms with Crippen LogP contribution in [0.15, 0.2) is 12.4 Å². The van der Waals surface area contributed by atoms with Gasteiger partial charge in [0.25, 0.3) is 5.91 Å². The number of amides is 1. The van der Waals surface area contributed by atoms with Crippen LogP contribution in [0.2, 0.25) is 0 Å². The third-order valence-corrected chi connectivity index (χ3v) is 5.05. The molecular weight excluding hydrogens is 288 g/mol. The van der Waals surface area contributed by atoms with Gasteiger partial charge in [0.1, 0.15) is 17.8 Å². The van der Waals surface area contributed by atoms with E-state index in [0.29, 0.717) is 17.8 Å². The van der Waals surface area contributed by atoms with E-state index in [1.807, 2.05) is 0 Å². The number of carbonyl (C=O) groups excluding carboxylic acids is 1. The van der Waals surface area contributed by atoms with Crippen LogP contribution in [0.3, 0.4) is 0 Å². The Morgan fingerprint density at radius 2 is 1.48 bits per heavy atom. The van der Waals surface area contributed by atoms with Gasteiger partial charge in [-0.25, -0.2) is 9.97 Å². The molecule has 1 amide bonds. The number of hydrogen-bond acceptors (Lipinski definition) is 4. The molecule has 0 radical (unpaired) electrons. The van der Waals surface area contributed by atoms with E-state index in [-0.39, 0.29) is 5.91 Å². The van der Waals surface area contributed by atoms with Gasteiger partial charge >= 0.3 is 0 Å². The molecule has 0 bridgehead atoms. The molecule has 0 aromatic carbocycles. The Hall–Kier alpha value is -1.65. The SMILES string of the molecule is O=C(NC1CCCCC1)c1cc(NC2CCCCCC2)ncn1. The van der Waals surface area contributed by atoms with Crippen LogP contribution in [0, 0.1) is 0 Å². The average Bonchev–Trinajstić information content (AvgIpc) is 2.85. The fraction of sp³-hybridized carbons (Fsp3) is 0.722. The van der Waals surface area contributed by atoms with E-state index in [4.69, 9.17) is 0 Å². The minimum absolute atomic E-state index is 0.0665. The van der Waals surface area contributed by atoms with Crippen LogP contribution in [-0.4, -0.2) is 28.0 Å². The average molecular weight is 316 g/mol. The van der Waals surface area contributed by atoms with Gasteiger partial charge in [0.05, 0.1) is 0 Å². The Labute approximate surface area is 138 Å². The van der Waals surface area contributed by atoms with Crippen molar-refractivity contribution in [3.8, 4) is 0 Å². The molecule has 1 aromatic rings. The number of aromatic nitrogens is 2. The number of carbonyl (C=O) groups is 1. The van der Waals surface area contributed by atoms with Crippen molar-refractivity contribution in [1.29, 1.82) is 0 Å². The van der Waals surface area contributed by atoms with Gasteiger partial charge in [-0.15, -0.1) is 0 Å². The Morgan fingerprint density at radius 3 is 2.17 bits per heavy atom. The highest BCUT2D eigenvalue weighted by Crippen LogP contribution is 2.21. The van der Waals surface area contributed by atoms with Crippen molar-refractivity contribution in [3.63, 3.8) is 0 Å². The minimum atomic E-state index is -0.0665. The molecule has 2 fully saturated rings. The van der Waals surface area contributed by atoms with Gasteiger partial charge in [-0.2, -0.15) is 0 Å². The molecule has 0 atom stereocenters. The van der Waals surface area contributed by atoms with Gasteiger partial charge in [-0.3, -0.25) is 4.79 Å². The van der Waals surface area contributed by atoms with Crippen LogP contribution < -0.4 is 10.6 Å². The molecule has 1 aromatic heterocycles. The van der Waals surface area contributed by atoms with Crippen LogP contribution in [-0.2, 0) is 0 Å². The van der Waals surface area contributed by atoms with Crippen molar-refractivity contribution in [2.75, 3.05) is 5.32 Å². The summed E-state index contributed by atoms with van der Waals surface area (Å²) in [6, 6.07) is 2.58. The van der Waals surface area contributed by atoms with E-state index < -0.39 is 0 Å². The first-order valence-corrected chi connectivity index (χ1v) is 9.21. The summed E-state index contributed by atoms with van der Waals surface area (Å²) < 4.78 is 0. The van der Waals surface area contributed by atoms with Gasteiger partial charge in [0.15, 0.2) is 0 Å². The smallest absolute Gasteiger partial charge is 0.270 e. The van der Waals surface area contributed by atoms with E-state index >= 15 is 0 Å². The molecule has 5 heteroatoms. The first kappa shape index (κ1) is 16.2. The van der Waals surface area contributed by atoms with E-state index in [9.17, 15) is 4.79 Å². The summed E-state index contributed by atoms with van der Waals surface area (Å²) in [6.07, 6.45) is 15.0. The molecule has 3 rings (SSSR count). The van der Waals surface area contributed by atoms with E-state index in [0.717, 1.165) is 18.7 Å². The van der Waals surface area contributed by atoms with Crippen molar-refractivity contribution in [1.82, 2.24) is 15.3 Å². The third kappa shape index (κ3) is 4.91. The van der Waals surface area contributed by atoms with E-state index in [2.05, 4.69) is 20.6 Å². The summed E-state index contributed by atoms with van der Waals surface area (Å²) in [6.45, 7) is 0. The van der Waals surface area contributed by atoms with E-state index in [1.54, 1.807) is 6.07 Å². The molecule has 2 N–H and O–H groups in total. The maximum Gasteiger partial charge on any atom is 0.270 e. The summed E-state index contributed by atoms with van der Waals surface area (Å²) in [4.78, 5) is 20.8. The van der Waals surface area contributed by atoms with Crippen LogP contribution >= 0.6 is 0 Å². The minimum Gasteiger partial charge on any atom is -0.367 e. The summed E-state index contributed by atoms with van der Waals surface area (Å²) in [5, 5.41) is 6.61. The number of anilines is 1. The van der Waals surface area contributed by atoms with Gasteiger partial charge in [-0.05, 0) is 25.7 Å². The zero-order chi connectivity index (χ0) is 15.9. The zero-order valence-corrected chi connectivity index (χ0v) is 13.9. The largest absolute Gasteiger partial charge is 0.367 e. The monoisotopic (exact) mass is 316 g/mol. The molecular formula is C18H28N4O. The fourth-order valence-corrected chi connectivity index (χ4v) is 3.70. The molecule has 23 heavy (non-hydrogen) atoms. The number of nitrogens with zero attached hydrogens (tertiary/aromatic N) is 2. The molecule has 1 heterocycles. The quantitative estimate of drug-likeness (QED) is 0.832. The molecule has 0 unspecified atom stereocenters. The highest BCUT2D eigenvalue weighted by molar-refractivity contribution is 5.93. The summed E-state index contributed by atoms with van der Waals surface area (Å²) >= 11 is 0. The highest BCUT2D eigenvalue weighted by Gasteiger charge is 2.18. The lowest BCUT2D eigenvalue weighted by Gasteiger charge is -2.22.